The van der Waals surface area contributed by atoms with Crippen LogP contribution in [0.2, 0.25) is 0 Å². The fourth-order valence-corrected chi connectivity index (χ4v) is 4.01. The molecule has 2 fully saturated rings. The van der Waals surface area contributed by atoms with Crippen molar-refractivity contribution in [1.29, 1.82) is 0 Å². The zero-order valence-corrected chi connectivity index (χ0v) is 18.8. The number of aliphatic imine (C=N–C) groups is 1. The smallest absolute Gasteiger partial charge is 0.194 e. The van der Waals surface area contributed by atoms with Crippen LogP contribution in [0, 0.1) is 0 Å². The first-order chi connectivity index (χ1) is 13.3. The molecule has 2 aromatic rings. The van der Waals surface area contributed by atoms with E-state index in [9.17, 15) is 0 Å². The molecule has 3 heterocycles. The van der Waals surface area contributed by atoms with Crippen LogP contribution in [-0.2, 0) is 13.1 Å². The molecule has 1 saturated heterocycles. The van der Waals surface area contributed by atoms with Gasteiger partial charge in [0.2, 0.25) is 0 Å². The Balaban J connectivity index is 0.00000225. The van der Waals surface area contributed by atoms with Gasteiger partial charge in [0.15, 0.2) is 5.96 Å². The molecule has 1 N–H and O–H groups in total. The van der Waals surface area contributed by atoms with Crippen LogP contribution in [0.15, 0.2) is 34.1 Å². The molecular formula is C19H30IN7O. The Bertz CT molecular complexity index is 731. The third kappa shape index (κ3) is 5.25. The van der Waals surface area contributed by atoms with Crippen LogP contribution in [0.1, 0.15) is 43.1 Å². The van der Waals surface area contributed by atoms with Gasteiger partial charge in [-0.05, 0) is 18.9 Å². The summed E-state index contributed by atoms with van der Waals surface area (Å²) < 4.78 is 7.07. The Labute approximate surface area is 183 Å². The minimum Gasteiger partial charge on any atom is -0.364 e. The highest BCUT2D eigenvalue weighted by molar-refractivity contribution is 14.0. The third-order valence-electron chi connectivity index (χ3n) is 5.55. The fraction of sp³-hybridized carbons (Fsp3) is 0.632. The van der Waals surface area contributed by atoms with E-state index >= 15 is 0 Å². The average Bonchev–Trinajstić information content (AvgIpc) is 3.46. The van der Waals surface area contributed by atoms with Gasteiger partial charge in [0.1, 0.15) is 6.26 Å². The van der Waals surface area contributed by atoms with E-state index in [0.717, 1.165) is 50.1 Å². The first kappa shape index (κ1) is 21.1. The monoisotopic (exact) mass is 499 g/mol. The number of rotatable bonds is 5. The molecule has 0 atom stereocenters. The Morgan fingerprint density at radius 1 is 1.18 bits per heavy atom. The number of guanidine groups is 1. The molecule has 0 unspecified atom stereocenters. The van der Waals surface area contributed by atoms with Crippen molar-refractivity contribution >= 4 is 29.9 Å². The number of hydrogen-bond acceptors (Lipinski definition) is 5. The molecule has 154 valence electrons. The van der Waals surface area contributed by atoms with Gasteiger partial charge in [-0.3, -0.25) is 14.6 Å². The lowest BCUT2D eigenvalue weighted by molar-refractivity contribution is 0.169. The van der Waals surface area contributed by atoms with E-state index < -0.39 is 0 Å². The number of piperazine rings is 1. The predicted octanol–water partition coefficient (Wildman–Crippen LogP) is 2.50. The van der Waals surface area contributed by atoms with Gasteiger partial charge >= 0.3 is 0 Å². The second kappa shape index (κ2) is 10.2. The summed E-state index contributed by atoms with van der Waals surface area (Å²) in [5.74, 6) is 0.950. The molecule has 9 heteroatoms. The van der Waals surface area contributed by atoms with Gasteiger partial charge in [0.05, 0.1) is 24.0 Å². The number of nitrogens with one attached hydrogen (secondary N) is 1. The average molecular weight is 499 g/mol. The van der Waals surface area contributed by atoms with Gasteiger partial charge in [-0.2, -0.15) is 5.10 Å². The molecule has 1 saturated carbocycles. The van der Waals surface area contributed by atoms with Crippen LogP contribution in [0.3, 0.4) is 0 Å². The largest absolute Gasteiger partial charge is 0.364 e. The van der Waals surface area contributed by atoms with E-state index in [1.54, 1.807) is 6.26 Å². The molecule has 2 aromatic heterocycles. The molecule has 4 rings (SSSR count). The van der Waals surface area contributed by atoms with Crippen molar-refractivity contribution < 1.29 is 4.52 Å². The van der Waals surface area contributed by atoms with Crippen LogP contribution >= 0.6 is 24.0 Å². The van der Waals surface area contributed by atoms with E-state index in [1.807, 2.05) is 13.1 Å². The molecule has 1 aliphatic carbocycles. The molecule has 0 spiro atoms. The van der Waals surface area contributed by atoms with Crippen LogP contribution in [0.4, 0.5) is 0 Å². The fourth-order valence-electron chi connectivity index (χ4n) is 4.01. The van der Waals surface area contributed by atoms with E-state index in [0.29, 0.717) is 12.6 Å². The quantitative estimate of drug-likeness (QED) is 0.387. The molecule has 0 amide bonds. The van der Waals surface area contributed by atoms with Gasteiger partial charge in [-0.15, -0.1) is 24.0 Å². The van der Waals surface area contributed by atoms with E-state index in [4.69, 9.17) is 9.62 Å². The Morgan fingerprint density at radius 2 is 1.96 bits per heavy atom. The summed E-state index contributed by atoms with van der Waals surface area (Å²) in [4.78, 5) is 9.17. The summed E-state index contributed by atoms with van der Waals surface area (Å²) in [6, 6.07) is 4.64. The summed E-state index contributed by atoms with van der Waals surface area (Å²) >= 11 is 0. The SMILES string of the molecule is CN=C(NCc1ccn(C2CCCC2)n1)N1CCN(Cc2ccon2)CC1.I. The highest BCUT2D eigenvalue weighted by Crippen LogP contribution is 2.28. The summed E-state index contributed by atoms with van der Waals surface area (Å²) in [5, 5.41) is 12.2. The van der Waals surface area contributed by atoms with Crippen LogP contribution in [-0.4, -0.2) is 63.9 Å². The molecule has 8 nitrogen and oxygen atoms in total. The van der Waals surface area contributed by atoms with Crippen molar-refractivity contribution in [1.82, 2.24) is 30.1 Å². The number of aromatic nitrogens is 3. The van der Waals surface area contributed by atoms with E-state index in [1.165, 1.54) is 25.7 Å². The minimum atomic E-state index is 0. The maximum absolute atomic E-state index is 4.92. The van der Waals surface area contributed by atoms with Crippen LogP contribution in [0.25, 0.3) is 0 Å². The second-order valence-corrected chi connectivity index (χ2v) is 7.38. The number of halogens is 1. The summed E-state index contributed by atoms with van der Waals surface area (Å²) in [7, 11) is 1.85. The van der Waals surface area contributed by atoms with E-state index in [-0.39, 0.29) is 24.0 Å². The van der Waals surface area contributed by atoms with Crippen molar-refractivity contribution in [3.05, 3.63) is 36.0 Å². The van der Waals surface area contributed by atoms with Crippen molar-refractivity contribution in [2.24, 2.45) is 4.99 Å². The summed E-state index contributed by atoms with van der Waals surface area (Å²) in [6.45, 7) is 5.44. The Morgan fingerprint density at radius 3 is 2.64 bits per heavy atom. The molecular weight excluding hydrogens is 469 g/mol. The standard InChI is InChI=1S/C19H29N7O.HI/c1-20-19(21-14-16-6-8-26(22-16)18-4-2-3-5-18)25-11-9-24(10-12-25)15-17-7-13-27-23-17;/h6-8,13,18H,2-5,9-12,14-15H2,1H3,(H,20,21);1H. The first-order valence-corrected chi connectivity index (χ1v) is 9.93. The van der Waals surface area contributed by atoms with Crippen LogP contribution < -0.4 is 5.32 Å². The van der Waals surface area contributed by atoms with Crippen molar-refractivity contribution in [3.8, 4) is 0 Å². The van der Waals surface area contributed by atoms with Gasteiger partial charge in [-0.25, -0.2) is 0 Å². The molecule has 2 aliphatic rings. The zero-order chi connectivity index (χ0) is 18.5. The second-order valence-electron chi connectivity index (χ2n) is 7.38. The van der Waals surface area contributed by atoms with Crippen molar-refractivity contribution in [3.63, 3.8) is 0 Å². The molecule has 1 aliphatic heterocycles. The Kier molecular flexibility index (Phi) is 7.72. The predicted molar refractivity (Wildman–Crippen MR) is 119 cm³/mol. The molecule has 28 heavy (non-hydrogen) atoms. The molecule has 0 aromatic carbocycles. The number of hydrogen-bond donors (Lipinski definition) is 1. The van der Waals surface area contributed by atoms with Crippen molar-refractivity contribution in [2.75, 3.05) is 33.2 Å². The lowest BCUT2D eigenvalue weighted by atomic mass is 10.3. The summed E-state index contributed by atoms with van der Waals surface area (Å²) in [6.07, 6.45) is 8.92. The topological polar surface area (TPSA) is 74.7 Å². The maximum atomic E-state index is 4.92. The molecule has 0 bridgehead atoms. The van der Waals surface area contributed by atoms with Gasteiger partial charge < -0.3 is 14.7 Å². The van der Waals surface area contributed by atoms with Gasteiger partial charge in [0.25, 0.3) is 0 Å². The van der Waals surface area contributed by atoms with Gasteiger partial charge in [-0.1, -0.05) is 18.0 Å². The summed E-state index contributed by atoms with van der Waals surface area (Å²) in [5.41, 5.74) is 2.07. The zero-order valence-electron chi connectivity index (χ0n) is 16.5. The highest BCUT2D eigenvalue weighted by Gasteiger charge is 2.21. The van der Waals surface area contributed by atoms with Crippen molar-refractivity contribution in [2.45, 2.75) is 44.8 Å². The maximum Gasteiger partial charge on any atom is 0.194 e. The normalized spacial score (nSPS) is 19.0. The third-order valence-corrected chi connectivity index (χ3v) is 5.55. The van der Waals surface area contributed by atoms with Crippen LogP contribution in [0.5, 0.6) is 0 Å². The van der Waals surface area contributed by atoms with Gasteiger partial charge in [0, 0.05) is 52.0 Å². The molecule has 0 radical (unpaired) electrons. The lowest BCUT2D eigenvalue weighted by Gasteiger charge is -2.36. The highest BCUT2D eigenvalue weighted by atomic mass is 127. The minimum absolute atomic E-state index is 0. The number of nitrogens with zero attached hydrogens (tertiary/aromatic N) is 6. The Hall–Kier alpha value is -1.62. The first-order valence-electron chi connectivity index (χ1n) is 9.93. The van der Waals surface area contributed by atoms with E-state index in [2.05, 4.69) is 42.2 Å². The lowest BCUT2D eigenvalue weighted by Crippen LogP contribution is -2.52.